The van der Waals surface area contributed by atoms with E-state index < -0.39 is 6.10 Å². The van der Waals surface area contributed by atoms with Crippen LogP contribution in [0.25, 0.3) is 0 Å². The third-order valence-electron chi connectivity index (χ3n) is 1.73. The van der Waals surface area contributed by atoms with Gasteiger partial charge in [-0.05, 0) is 6.42 Å². The van der Waals surface area contributed by atoms with E-state index in [4.69, 9.17) is 10.2 Å². The molecule has 2 N–H and O–H groups in total. The number of thiol groups is 1. The van der Waals surface area contributed by atoms with Gasteiger partial charge in [0, 0.05) is 5.25 Å². The smallest absolute Gasteiger partial charge is 0.0886 e. The van der Waals surface area contributed by atoms with Gasteiger partial charge in [-0.25, -0.2) is 0 Å². The summed E-state index contributed by atoms with van der Waals surface area (Å²) in [6.07, 6.45) is 3.67. The Morgan fingerprint density at radius 2 is 2.00 bits per heavy atom. The van der Waals surface area contributed by atoms with E-state index in [1.807, 2.05) is 0 Å². The maximum Gasteiger partial charge on any atom is 0.0886 e. The van der Waals surface area contributed by atoms with Crippen molar-refractivity contribution < 1.29 is 10.2 Å². The van der Waals surface area contributed by atoms with Crippen molar-refractivity contribution in [2.45, 2.75) is 44.0 Å². The molecule has 0 radical (unpaired) electrons. The molecule has 2 atom stereocenters. The first kappa shape index (κ1) is 11.3. The summed E-state index contributed by atoms with van der Waals surface area (Å²) in [6.45, 7) is 1.95. The maximum atomic E-state index is 9.10. The second-order valence-corrected chi connectivity index (χ2v) is 3.48. The Hall–Kier alpha value is 0.270. The number of unbranched alkanes of at least 4 members (excludes halogenated alkanes) is 2. The SMILES string of the molecule is CCCCCC(S)C(O)CO. The molecule has 0 amide bonds. The van der Waals surface area contributed by atoms with Gasteiger partial charge in [-0.2, -0.15) is 12.6 Å². The third-order valence-corrected chi connectivity index (χ3v) is 2.34. The quantitative estimate of drug-likeness (QED) is 0.423. The van der Waals surface area contributed by atoms with Crippen molar-refractivity contribution in [3.63, 3.8) is 0 Å². The number of aliphatic hydroxyl groups excluding tert-OH is 2. The second-order valence-electron chi connectivity index (χ2n) is 2.81. The van der Waals surface area contributed by atoms with Crippen LogP contribution in [0.15, 0.2) is 0 Å². The first-order valence-corrected chi connectivity index (χ1v) is 4.71. The number of hydrogen-bond acceptors (Lipinski definition) is 3. The fourth-order valence-electron chi connectivity index (χ4n) is 0.918. The van der Waals surface area contributed by atoms with Gasteiger partial charge in [0.25, 0.3) is 0 Å². The molecule has 0 heterocycles. The summed E-state index contributed by atoms with van der Waals surface area (Å²) in [7, 11) is 0. The van der Waals surface area contributed by atoms with Crippen LogP contribution in [0.4, 0.5) is 0 Å². The lowest BCUT2D eigenvalue weighted by molar-refractivity contribution is 0.0912. The zero-order valence-electron chi connectivity index (χ0n) is 7.03. The van der Waals surface area contributed by atoms with Crippen molar-refractivity contribution in [3.05, 3.63) is 0 Å². The molecule has 0 spiro atoms. The van der Waals surface area contributed by atoms with E-state index in [1.165, 1.54) is 12.8 Å². The molecule has 0 aromatic heterocycles. The number of hydrogen-bond donors (Lipinski definition) is 3. The lowest BCUT2D eigenvalue weighted by Gasteiger charge is -2.14. The van der Waals surface area contributed by atoms with Gasteiger partial charge in [-0.15, -0.1) is 0 Å². The Kier molecular flexibility index (Phi) is 7.12. The molecule has 0 aromatic rings. The number of aliphatic hydroxyl groups is 2. The summed E-state index contributed by atoms with van der Waals surface area (Å²) in [5.41, 5.74) is 0. The standard InChI is InChI=1S/C8H18O2S/c1-2-3-4-5-8(11)7(10)6-9/h7-11H,2-6H2,1H3. The van der Waals surface area contributed by atoms with Gasteiger partial charge in [0.2, 0.25) is 0 Å². The van der Waals surface area contributed by atoms with Crippen molar-refractivity contribution in [1.82, 2.24) is 0 Å². The van der Waals surface area contributed by atoms with Crippen LogP contribution in [-0.4, -0.2) is 28.2 Å². The van der Waals surface area contributed by atoms with Gasteiger partial charge in [0.1, 0.15) is 0 Å². The minimum atomic E-state index is -0.657. The van der Waals surface area contributed by atoms with E-state index >= 15 is 0 Å². The molecule has 0 aromatic carbocycles. The Labute approximate surface area is 74.0 Å². The molecule has 0 aliphatic heterocycles. The van der Waals surface area contributed by atoms with Crippen molar-refractivity contribution in [1.29, 1.82) is 0 Å². The van der Waals surface area contributed by atoms with Crippen LogP contribution in [0.5, 0.6) is 0 Å². The summed E-state index contributed by atoms with van der Waals surface area (Å²) >= 11 is 4.17. The minimum absolute atomic E-state index is 0.0634. The Bertz CT molecular complexity index is 88.2. The molecule has 11 heavy (non-hydrogen) atoms. The van der Waals surface area contributed by atoms with Crippen molar-refractivity contribution in [3.8, 4) is 0 Å². The molecule has 0 aliphatic carbocycles. The predicted molar refractivity (Wildman–Crippen MR) is 50.0 cm³/mol. The lowest BCUT2D eigenvalue weighted by Crippen LogP contribution is -2.24. The fourth-order valence-corrected chi connectivity index (χ4v) is 1.19. The number of rotatable bonds is 6. The van der Waals surface area contributed by atoms with E-state index in [2.05, 4.69) is 19.6 Å². The summed E-state index contributed by atoms with van der Waals surface area (Å²) in [6, 6.07) is 0. The maximum absolute atomic E-state index is 9.10. The first-order valence-electron chi connectivity index (χ1n) is 4.19. The molecule has 0 rings (SSSR count). The molecular weight excluding hydrogens is 160 g/mol. The average molecular weight is 178 g/mol. The van der Waals surface area contributed by atoms with E-state index in [0.717, 1.165) is 12.8 Å². The molecule has 68 valence electrons. The second kappa shape index (κ2) is 6.95. The van der Waals surface area contributed by atoms with Gasteiger partial charge in [0.05, 0.1) is 12.7 Å². The Morgan fingerprint density at radius 1 is 1.36 bits per heavy atom. The van der Waals surface area contributed by atoms with Crippen LogP contribution in [0, 0.1) is 0 Å². The van der Waals surface area contributed by atoms with E-state index in [-0.39, 0.29) is 11.9 Å². The molecule has 0 saturated carbocycles. The van der Waals surface area contributed by atoms with Gasteiger partial charge in [0.15, 0.2) is 0 Å². The summed E-state index contributed by atoms with van der Waals surface area (Å²) in [5.74, 6) is 0. The van der Waals surface area contributed by atoms with E-state index in [9.17, 15) is 0 Å². The highest BCUT2D eigenvalue weighted by Crippen LogP contribution is 2.11. The highest BCUT2D eigenvalue weighted by atomic mass is 32.1. The van der Waals surface area contributed by atoms with Crippen LogP contribution in [0.2, 0.25) is 0 Å². The molecule has 3 heteroatoms. The van der Waals surface area contributed by atoms with Crippen LogP contribution in [0.1, 0.15) is 32.6 Å². The molecule has 0 fully saturated rings. The first-order chi connectivity index (χ1) is 5.22. The third kappa shape index (κ3) is 5.53. The van der Waals surface area contributed by atoms with Crippen LogP contribution in [0.3, 0.4) is 0 Å². The average Bonchev–Trinajstić information content (AvgIpc) is 2.03. The Balaban J connectivity index is 3.28. The van der Waals surface area contributed by atoms with Crippen LogP contribution < -0.4 is 0 Å². The van der Waals surface area contributed by atoms with Gasteiger partial charge >= 0.3 is 0 Å². The van der Waals surface area contributed by atoms with Gasteiger partial charge in [-0.1, -0.05) is 26.2 Å². The molecule has 0 aliphatic rings. The largest absolute Gasteiger partial charge is 0.394 e. The van der Waals surface area contributed by atoms with E-state index in [0.29, 0.717) is 0 Å². The topological polar surface area (TPSA) is 40.5 Å². The normalized spacial score (nSPS) is 16.4. The highest BCUT2D eigenvalue weighted by molar-refractivity contribution is 7.81. The molecule has 0 bridgehead atoms. The summed E-state index contributed by atoms with van der Waals surface area (Å²) < 4.78 is 0. The van der Waals surface area contributed by atoms with Crippen LogP contribution in [-0.2, 0) is 0 Å². The zero-order valence-corrected chi connectivity index (χ0v) is 7.93. The van der Waals surface area contributed by atoms with Crippen molar-refractivity contribution in [2.24, 2.45) is 0 Å². The monoisotopic (exact) mass is 178 g/mol. The van der Waals surface area contributed by atoms with Gasteiger partial charge < -0.3 is 10.2 Å². The Morgan fingerprint density at radius 3 is 2.45 bits per heavy atom. The highest BCUT2D eigenvalue weighted by Gasteiger charge is 2.12. The summed E-state index contributed by atoms with van der Waals surface area (Å²) in [4.78, 5) is 0. The fraction of sp³-hybridized carbons (Fsp3) is 1.00. The minimum Gasteiger partial charge on any atom is -0.394 e. The van der Waals surface area contributed by atoms with Crippen molar-refractivity contribution in [2.75, 3.05) is 6.61 Å². The molecule has 0 saturated heterocycles. The van der Waals surface area contributed by atoms with Crippen molar-refractivity contribution >= 4 is 12.6 Å². The molecule has 2 nitrogen and oxygen atoms in total. The predicted octanol–water partition coefficient (Wildman–Crippen LogP) is 1.22. The molecule has 2 unspecified atom stereocenters. The van der Waals surface area contributed by atoms with Gasteiger partial charge in [-0.3, -0.25) is 0 Å². The zero-order chi connectivity index (χ0) is 8.69. The van der Waals surface area contributed by atoms with Crippen LogP contribution >= 0.6 is 12.6 Å². The summed E-state index contributed by atoms with van der Waals surface area (Å²) in [5, 5.41) is 17.6. The van der Waals surface area contributed by atoms with E-state index in [1.54, 1.807) is 0 Å². The lowest BCUT2D eigenvalue weighted by atomic mass is 10.1. The molecular formula is C8H18O2S.